The van der Waals surface area contributed by atoms with Gasteiger partial charge in [-0.3, -0.25) is 0 Å². The van der Waals surface area contributed by atoms with Crippen LogP contribution in [0.3, 0.4) is 0 Å². The first-order valence-corrected chi connectivity index (χ1v) is 2.66. The van der Waals surface area contributed by atoms with Crippen LogP contribution in [-0.2, 0) is 9.53 Å². The number of hydrogen-bond acceptors (Lipinski definition) is 3. The van der Waals surface area contributed by atoms with Gasteiger partial charge in [-0.15, -0.1) is 0 Å². The first-order valence-electron chi connectivity index (χ1n) is 2.66. The van der Waals surface area contributed by atoms with Crippen molar-refractivity contribution in [2.75, 3.05) is 13.7 Å². The van der Waals surface area contributed by atoms with E-state index in [0.29, 0.717) is 18.7 Å². The van der Waals surface area contributed by atoms with E-state index in [1.54, 1.807) is 0 Å². The van der Waals surface area contributed by atoms with E-state index in [9.17, 15) is 4.79 Å². The maximum Gasteiger partial charge on any atom is 0.354 e. The Morgan fingerprint density at radius 1 is 1.78 bits per heavy atom. The average molecular weight is 127 g/mol. The molecule has 0 aromatic rings. The molecule has 0 saturated heterocycles. The van der Waals surface area contributed by atoms with Gasteiger partial charge >= 0.3 is 5.97 Å². The molecule has 0 saturated carbocycles. The van der Waals surface area contributed by atoms with E-state index in [2.05, 4.69) is 15.3 Å². The highest BCUT2D eigenvalue weighted by Gasteiger charge is 2.15. The molecular weight excluding hydrogens is 120 g/mol. The second kappa shape index (κ2) is 2.48. The van der Waals surface area contributed by atoms with Crippen molar-refractivity contribution in [3.8, 4) is 0 Å². The van der Waals surface area contributed by atoms with Gasteiger partial charge in [0, 0.05) is 6.42 Å². The normalized spacial score (nSPS) is 16.3. The molecule has 0 aromatic carbocycles. The van der Waals surface area contributed by atoms with Crippen molar-refractivity contribution >= 4 is 11.7 Å². The van der Waals surface area contributed by atoms with Crippen LogP contribution in [0, 0.1) is 0 Å². The van der Waals surface area contributed by atoms with Crippen LogP contribution in [0.4, 0.5) is 0 Å². The van der Waals surface area contributed by atoms with E-state index in [0.717, 1.165) is 0 Å². The number of methoxy groups -OCH3 is 1. The molecule has 1 aliphatic rings. The standard InChI is InChI=1S/C5H7N2O2/c1-9-5(8)4-2-3-6-7-4/h2-3H2,1H3. The molecule has 9 heavy (non-hydrogen) atoms. The molecule has 0 atom stereocenters. The van der Waals surface area contributed by atoms with Gasteiger partial charge in [0.25, 0.3) is 0 Å². The number of ether oxygens (including phenoxy) is 1. The van der Waals surface area contributed by atoms with Gasteiger partial charge in [-0.05, 0) is 0 Å². The maximum atomic E-state index is 10.6. The summed E-state index contributed by atoms with van der Waals surface area (Å²) in [6.07, 6.45) is 0.618. The minimum Gasteiger partial charge on any atom is -0.464 e. The lowest BCUT2D eigenvalue weighted by Crippen LogP contribution is -2.12. The summed E-state index contributed by atoms with van der Waals surface area (Å²) < 4.78 is 4.40. The zero-order valence-corrected chi connectivity index (χ0v) is 5.13. The lowest BCUT2D eigenvalue weighted by atomic mass is 10.3. The fourth-order valence-electron chi connectivity index (χ4n) is 0.602. The highest BCUT2D eigenvalue weighted by Crippen LogP contribution is 1.95. The van der Waals surface area contributed by atoms with E-state index in [4.69, 9.17) is 0 Å². The Bertz CT molecular complexity index is 153. The molecule has 0 unspecified atom stereocenters. The van der Waals surface area contributed by atoms with E-state index in [1.165, 1.54) is 7.11 Å². The second-order valence-corrected chi connectivity index (χ2v) is 1.65. The summed E-state index contributed by atoms with van der Waals surface area (Å²) >= 11 is 0. The molecule has 4 heteroatoms. The Morgan fingerprint density at radius 2 is 2.56 bits per heavy atom. The summed E-state index contributed by atoms with van der Waals surface area (Å²) in [6, 6.07) is 0. The lowest BCUT2D eigenvalue weighted by Gasteiger charge is -1.92. The number of rotatable bonds is 1. The topological polar surface area (TPSA) is 52.8 Å². The summed E-state index contributed by atoms with van der Waals surface area (Å²) in [5.74, 6) is -0.365. The van der Waals surface area contributed by atoms with Crippen LogP contribution < -0.4 is 5.43 Å². The summed E-state index contributed by atoms with van der Waals surface area (Å²) in [5, 5.41) is 3.57. The minimum atomic E-state index is -0.365. The quantitative estimate of drug-likeness (QED) is 0.447. The first kappa shape index (κ1) is 6.07. The highest BCUT2D eigenvalue weighted by molar-refractivity contribution is 6.36. The molecule has 1 radical (unpaired) electrons. The van der Waals surface area contributed by atoms with Crippen LogP contribution in [0.25, 0.3) is 0 Å². The molecule has 49 valence electrons. The molecule has 0 spiro atoms. The Morgan fingerprint density at radius 3 is 3.00 bits per heavy atom. The smallest absolute Gasteiger partial charge is 0.354 e. The molecule has 0 aliphatic carbocycles. The average Bonchev–Trinajstić information content (AvgIpc) is 2.37. The fourth-order valence-corrected chi connectivity index (χ4v) is 0.602. The predicted molar refractivity (Wildman–Crippen MR) is 31.1 cm³/mol. The molecule has 0 fully saturated rings. The highest BCUT2D eigenvalue weighted by atomic mass is 16.5. The number of nitrogens with zero attached hydrogens (tertiary/aromatic N) is 2. The summed E-state index contributed by atoms with van der Waals surface area (Å²) in [6.45, 7) is 0.616. The zero-order chi connectivity index (χ0) is 6.69. The first-order chi connectivity index (χ1) is 4.34. The summed E-state index contributed by atoms with van der Waals surface area (Å²) in [7, 11) is 1.34. The van der Waals surface area contributed by atoms with Crippen LogP contribution in [0.1, 0.15) is 6.42 Å². The van der Waals surface area contributed by atoms with Crippen molar-refractivity contribution in [1.29, 1.82) is 0 Å². The van der Waals surface area contributed by atoms with Crippen molar-refractivity contribution in [1.82, 2.24) is 5.43 Å². The van der Waals surface area contributed by atoms with Crippen LogP contribution in [-0.4, -0.2) is 25.3 Å². The Kier molecular flexibility index (Phi) is 1.67. The summed E-state index contributed by atoms with van der Waals surface area (Å²) in [4.78, 5) is 10.6. The number of hydrogen-bond donors (Lipinski definition) is 0. The van der Waals surface area contributed by atoms with Crippen molar-refractivity contribution in [2.45, 2.75) is 6.42 Å². The Labute approximate surface area is 52.9 Å². The number of esters is 1. The third-order valence-corrected chi connectivity index (χ3v) is 1.06. The van der Waals surface area contributed by atoms with Gasteiger partial charge < -0.3 is 4.74 Å². The van der Waals surface area contributed by atoms with Crippen LogP contribution in [0.5, 0.6) is 0 Å². The van der Waals surface area contributed by atoms with Crippen LogP contribution in [0.2, 0.25) is 0 Å². The molecule has 4 nitrogen and oxygen atoms in total. The SMILES string of the molecule is COC(=O)C1=N[N]CC1. The van der Waals surface area contributed by atoms with E-state index in [-0.39, 0.29) is 5.97 Å². The van der Waals surface area contributed by atoms with E-state index >= 15 is 0 Å². The lowest BCUT2D eigenvalue weighted by molar-refractivity contribution is -0.132. The van der Waals surface area contributed by atoms with Gasteiger partial charge in [-0.1, -0.05) is 0 Å². The molecule has 1 aliphatic heterocycles. The zero-order valence-electron chi connectivity index (χ0n) is 5.13. The molecule has 1 heterocycles. The minimum absolute atomic E-state index is 0.365. The third-order valence-electron chi connectivity index (χ3n) is 1.06. The van der Waals surface area contributed by atoms with Gasteiger partial charge in [0.15, 0.2) is 0 Å². The number of carbonyl (C=O) groups is 1. The second-order valence-electron chi connectivity index (χ2n) is 1.65. The number of carbonyl (C=O) groups excluding carboxylic acids is 1. The van der Waals surface area contributed by atoms with Gasteiger partial charge in [0.1, 0.15) is 5.71 Å². The van der Waals surface area contributed by atoms with Crippen molar-refractivity contribution in [3.63, 3.8) is 0 Å². The molecule has 0 N–H and O–H groups in total. The van der Waals surface area contributed by atoms with Gasteiger partial charge in [-0.25, -0.2) is 4.79 Å². The van der Waals surface area contributed by atoms with Crippen molar-refractivity contribution < 1.29 is 9.53 Å². The largest absolute Gasteiger partial charge is 0.464 e. The molecular formula is C5H7N2O2. The van der Waals surface area contributed by atoms with E-state index < -0.39 is 0 Å². The molecule has 0 aromatic heterocycles. The Balaban J connectivity index is 2.51. The van der Waals surface area contributed by atoms with E-state index in [1.807, 2.05) is 0 Å². The Hall–Kier alpha value is -1.06. The third kappa shape index (κ3) is 1.19. The maximum absolute atomic E-state index is 10.6. The molecule has 0 amide bonds. The van der Waals surface area contributed by atoms with Crippen molar-refractivity contribution in [2.24, 2.45) is 5.10 Å². The van der Waals surface area contributed by atoms with Crippen LogP contribution in [0.15, 0.2) is 5.10 Å². The van der Waals surface area contributed by atoms with Gasteiger partial charge in [0.2, 0.25) is 0 Å². The van der Waals surface area contributed by atoms with Gasteiger partial charge in [-0.2, -0.15) is 10.5 Å². The summed E-state index contributed by atoms with van der Waals surface area (Å²) in [5.41, 5.74) is 4.05. The van der Waals surface area contributed by atoms with Crippen molar-refractivity contribution in [3.05, 3.63) is 0 Å². The predicted octanol–water partition coefficient (Wildman–Crippen LogP) is -0.477. The fraction of sp³-hybridized carbons (Fsp3) is 0.600. The van der Waals surface area contributed by atoms with Gasteiger partial charge in [0.05, 0.1) is 13.7 Å². The molecule has 0 bridgehead atoms. The van der Waals surface area contributed by atoms with Crippen LogP contribution >= 0.6 is 0 Å². The monoisotopic (exact) mass is 127 g/mol. The molecule has 1 rings (SSSR count).